The van der Waals surface area contributed by atoms with Gasteiger partial charge in [-0.2, -0.15) is 0 Å². The number of hydrogen-bond donors (Lipinski definition) is 0. The lowest BCUT2D eigenvalue weighted by molar-refractivity contribution is -0.165. The molecule has 0 aliphatic carbocycles. The van der Waals surface area contributed by atoms with Crippen LogP contribution in [0.15, 0.2) is 24.3 Å². The molecule has 0 N–H and O–H groups in total. The molecule has 1 aromatic rings. The van der Waals surface area contributed by atoms with Crippen LogP contribution in [0, 0.1) is 0 Å². The third kappa shape index (κ3) is 4.35. The minimum absolute atomic E-state index is 0.0332. The standard InChI is InChI=1S/C16H17NO6S/c1-16(2,3)22-12(18)8-24-9-13(19)23-17-14(20)10-6-4-5-7-11(10)15(17)21/h4-7H,8-9H2,1-3H3. The number of benzene rings is 1. The molecule has 0 saturated heterocycles. The van der Waals surface area contributed by atoms with Gasteiger partial charge in [-0.05, 0) is 32.9 Å². The van der Waals surface area contributed by atoms with E-state index in [0.717, 1.165) is 11.8 Å². The van der Waals surface area contributed by atoms with E-state index in [1.165, 1.54) is 12.1 Å². The summed E-state index contributed by atoms with van der Waals surface area (Å²) in [5.74, 6) is -2.83. The molecule has 7 nitrogen and oxygen atoms in total. The molecule has 8 heteroatoms. The maximum Gasteiger partial charge on any atom is 0.343 e. The Morgan fingerprint density at radius 2 is 1.50 bits per heavy atom. The Bertz CT molecular complexity index is 659. The minimum atomic E-state index is -0.793. The lowest BCUT2D eigenvalue weighted by Gasteiger charge is -2.19. The van der Waals surface area contributed by atoms with E-state index in [0.29, 0.717) is 5.06 Å². The Labute approximate surface area is 143 Å². The highest BCUT2D eigenvalue weighted by molar-refractivity contribution is 8.00. The summed E-state index contributed by atoms with van der Waals surface area (Å²) in [6, 6.07) is 6.21. The van der Waals surface area contributed by atoms with Crippen LogP contribution < -0.4 is 0 Å². The van der Waals surface area contributed by atoms with Crippen LogP contribution in [0.25, 0.3) is 0 Å². The van der Waals surface area contributed by atoms with Crippen molar-refractivity contribution in [2.45, 2.75) is 26.4 Å². The molecule has 0 saturated carbocycles. The summed E-state index contributed by atoms with van der Waals surface area (Å²) in [4.78, 5) is 52.2. The van der Waals surface area contributed by atoms with Crippen LogP contribution in [0.3, 0.4) is 0 Å². The van der Waals surface area contributed by atoms with Crippen molar-refractivity contribution in [1.82, 2.24) is 5.06 Å². The zero-order chi connectivity index (χ0) is 17.9. The van der Waals surface area contributed by atoms with Crippen LogP contribution >= 0.6 is 11.8 Å². The van der Waals surface area contributed by atoms with E-state index in [9.17, 15) is 19.2 Å². The molecule has 0 unspecified atom stereocenters. The number of ether oxygens (including phenoxy) is 1. The number of imide groups is 1. The number of thioether (sulfide) groups is 1. The number of esters is 1. The molecule has 0 fully saturated rings. The molecule has 0 bridgehead atoms. The quantitative estimate of drug-likeness (QED) is 0.590. The zero-order valence-corrected chi connectivity index (χ0v) is 14.3. The monoisotopic (exact) mass is 351 g/mol. The molecule has 2 rings (SSSR count). The summed E-state index contributed by atoms with van der Waals surface area (Å²) in [5, 5.41) is 0.445. The summed E-state index contributed by atoms with van der Waals surface area (Å²) in [6.07, 6.45) is 0. The number of rotatable bonds is 5. The Hall–Kier alpha value is -2.35. The average Bonchev–Trinajstić information content (AvgIpc) is 2.71. The number of amides is 2. The second-order valence-electron chi connectivity index (χ2n) is 5.99. The van der Waals surface area contributed by atoms with Gasteiger partial charge in [-0.1, -0.05) is 17.2 Å². The van der Waals surface area contributed by atoms with Crippen LogP contribution in [-0.2, 0) is 19.2 Å². The Balaban J connectivity index is 1.83. The highest BCUT2D eigenvalue weighted by atomic mass is 32.2. The van der Waals surface area contributed by atoms with Crippen LogP contribution in [0.5, 0.6) is 0 Å². The predicted octanol–water partition coefficient (Wildman–Crippen LogP) is 1.82. The smallest absolute Gasteiger partial charge is 0.343 e. The third-order valence-electron chi connectivity index (χ3n) is 2.81. The lowest BCUT2D eigenvalue weighted by Crippen LogP contribution is -2.33. The molecule has 0 spiro atoms. The summed E-state index contributed by atoms with van der Waals surface area (Å²) in [7, 11) is 0. The van der Waals surface area contributed by atoms with Crippen LogP contribution in [0.4, 0.5) is 0 Å². The fourth-order valence-corrected chi connectivity index (χ4v) is 2.51. The van der Waals surface area contributed by atoms with Gasteiger partial charge < -0.3 is 9.57 Å². The maximum atomic E-state index is 12.0. The van der Waals surface area contributed by atoms with Gasteiger partial charge in [0.05, 0.1) is 22.6 Å². The number of carbonyl (C=O) groups is 4. The van der Waals surface area contributed by atoms with Crippen molar-refractivity contribution in [2.75, 3.05) is 11.5 Å². The van der Waals surface area contributed by atoms with Crippen LogP contribution in [0.1, 0.15) is 41.5 Å². The van der Waals surface area contributed by atoms with Gasteiger partial charge >= 0.3 is 11.9 Å². The first-order valence-corrected chi connectivity index (χ1v) is 8.33. The first-order valence-electron chi connectivity index (χ1n) is 7.17. The SMILES string of the molecule is CC(C)(C)OC(=O)CSCC(=O)ON1C(=O)c2ccccc2C1=O. The predicted molar refractivity (Wildman–Crippen MR) is 86.2 cm³/mol. The molecular formula is C16H17NO6S. The molecule has 24 heavy (non-hydrogen) atoms. The Morgan fingerprint density at radius 3 is 2.00 bits per heavy atom. The molecule has 1 heterocycles. The van der Waals surface area contributed by atoms with Crippen molar-refractivity contribution in [3.8, 4) is 0 Å². The third-order valence-corrected chi connectivity index (χ3v) is 3.69. The first-order chi connectivity index (χ1) is 11.2. The topological polar surface area (TPSA) is 90.0 Å². The molecule has 2 amide bonds. The molecule has 128 valence electrons. The fourth-order valence-electron chi connectivity index (χ4n) is 1.97. The maximum absolute atomic E-state index is 12.0. The fraction of sp³-hybridized carbons (Fsp3) is 0.375. The van der Waals surface area contributed by atoms with Crippen molar-refractivity contribution < 1.29 is 28.8 Å². The summed E-state index contributed by atoms with van der Waals surface area (Å²) in [6.45, 7) is 5.23. The van der Waals surface area contributed by atoms with Crippen molar-refractivity contribution in [1.29, 1.82) is 0 Å². The molecule has 1 aliphatic heterocycles. The van der Waals surface area contributed by atoms with E-state index in [2.05, 4.69) is 0 Å². The lowest BCUT2D eigenvalue weighted by atomic mass is 10.1. The number of carbonyl (C=O) groups excluding carboxylic acids is 4. The van der Waals surface area contributed by atoms with Gasteiger partial charge in [0.1, 0.15) is 5.60 Å². The van der Waals surface area contributed by atoms with Crippen molar-refractivity contribution in [3.05, 3.63) is 35.4 Å². The van der Waals surface area contributed by atoms with Crippen LogP contribution in [0.2, 0.25) is 0 Å². The molecule has 0 aromatic heterocycles. The van der Waals surface area contributed by atoms with E-state index >= 15 is 0 Å². The minimum Gasteiger partial charge on any atom is -0.459 e. The second-order valence-corrected chi connectivity index (χ2v) is 6.98. The average molecular weight is 351 g/mol. The highest BCUT2D eigenvalue weighted by Gasteiger charge is 2.38. The summed E-state index contributed by atoms with van der Waals surface area (Å²) < 4.78 is 5.10. The molecule has 1 aromatic carbocycles. The van der Waals surface area contributed by atoms with E-state index in [1.54, 1.807) is 32.9 Å². The van der Waals surface area contributed by atoms with Crippen molar-refractivity contribution >= 4 is 35.5 Å². The zero-order valence-electron chi connectivity index (χ0n) is 13.5. The molecule has 1 aliphatic rings. The van der Waals surface area contributed by atoms with Gasteiger partial charge in [0.25, 0.3) is 11.8 Å². The molecule has 0 atom stereocenters. The number of hydroxylamine groups is 2. The van der Waals surface area contributed by atoms with Crippen molar-refractivity contribution in [3.63, 3.8) is 0 Å². The van der Waals surface area contributed by atoms with Gasteiger partial charge in [-0.25, -0.2) is 4.79 Å². The molecule has 0 radical (unpaired) electrons. The Morgan fingerprint density at radius 1 is 1.00 bits per heavy atom. The van der Waals surface area contributed by atoms with Gasteiger partial charge in [-0.15, -0.1) is 11.8 Å². The van der Waals surface area contributed by atoms with Gasteiger partial charge in [0, 0.05) is 0 Å². The van der Waals surface area contributed by atoms with Crippen LogP contribution in [-0.4, -0.2) is 45.9 Å². The summed E-state index contributed by atoms with van der Waals surface area (Å²) >= 11 is 0.982. The van der Waals surface area contributed by atoms with Crippen molar-refractivity contribution in [2.24, 2.45) is 0 Å². The highest BCUT2D eigenvalue weighted by Crippen LogP contribution is 2.23. The van der Waals surface area contributed by atoms with E-state index in [4.69, 9.17) is 9.57 Å². The summed E-state index contributed by atoms with van der Waals surface area (Å²) in [5.41, 5.74) is -0.216. The van der Waals surface area contributed by atoms with Gasteiger partial charge in [0.15, 0.2) is 0 Å². The number of nitrogens with zero attached hydrogens (tertiary/aromatic N) is 1. The van der Waals surface area contributed by atoms with Gasteiger partial charge in [0.2, 0.25) is 0 Å². The van der Waals surface area contributed by atoms with Gasteiger partial charge in [-0.3, -0.25) is 14.4 Å². The second kappa shape index (κ2) is 7.04. The Kier molecular flexibility index (Phi) is 5.28. The largest absolute Gasteiger partial charge is 0.459 e. The number of fused-ring (bicyclic) bond motifs is 1. The normalized spacial score (nSPS) is 13.7. The van der Waals surface area contributed by atoms with E-state index in [-0.39, 0.29) is 22.6 Å². The molecular weight excluding hydrogens is 334 g/mol. The van der Waals surface area contributed by atoms with E-state index < -0.39 is 29.4 Å². The first kappa shape index (κ1) is 18.0. The number of hydrogen-bond acceptors (Lipinski definition) is 7. The van der Waals surface area contributed by atoms with E-state index in [1.807, 2.05) is 0 Å².